The summed E-state index contributed by atoms with van der Waals surface area (Å²) in [5.41, 5.74) is 2.67. The maximum absolute atomic E-state index is 13.0. The number of thiocarbonyl (C=S) groups is 1. The van der Waals surface area contributed by atoms with E-state index in [1.165, 1.54) is 11.8 Å². The molecule has 1 heterocycles. The zero-order chi connectivity index (χ0) is 24.1. The second-order valence-corrected chi connectivity index (χ2v) is 9.94. The summed E-state index contributed by atoms with van der Waals surface area (Å²) in [5.74, 6) is 1.07. The molecule has 1 amide bonds. The first-order chi connectivity index (χ1) is 16.4. The van der Waals surface area contributed by atoms with Gasteiger partial charge in [-0.05, 0) is 48.4 Å². The lowest BCUT2D eigenvalue weighted by atomic mass is 10.1. The number of benzene rings is 3. The number of hydrogen-bond donors (Lipinski definition) is 0. The molecule has 0 aromatic heterocycles. The van der Waals surface area contributed by atoms with E-state index in [4.69, 9.17) is 44.9 Å². The van der Waals surface area contributed by atoms with Crippen molar-refractivity contribution in [3.63, 3.8) is 0 Å². The zero-order valence-corrected chi connectivity index (χ0v) is 21.4. The number of rotatable bonds is 8. The van der Waals surface area contributed by atoms with E-state index in [0.717, 1.165) is 16.7 Å². The van der Waals surface area contributed by atoms with Crippen LogP contribution < -0.4 is 9.47 Å². The highest BCUT2D eigenvalue weighted by molar-refractivity contribution is 8.26. The molecule has 34 heavy (non-hydrogen) atoms. The van der Waals surface area contributed by atoms with Crippen molar-refractivity contribution in [3.8, 4) is 11.5 Å². The van der Waals surface area contributed by atoms with Gasteiger partial charge in [-0.15, -0.1) is 0 Å². The van der Waals surface area contributed by atoms with Crippen LogP contribution in [0, 0.1) is 0 Å². The van der Waals surface area contributed by atoms with Gasteiger partial charge in [0, 0.05) is 15.6 Å². The third-order valence-corrected chi connectivity index (χ3v) is 6.99. The summed E-state index contributed by atoms with van der Waals surface area (Å²) in [4.78, 5) is 15.2. The van der Waals surface area contributed by atoms with Gasteiger partial charge < -0.3 is 9.47 Å². The highest BCUT2D eigenvalue weighted by Gasteiger charge is 2.32. The summed E-state index contributed by atoms with van der Waals surface area (Å²) in [5, 5.41) is 1.11. The highest BCUT2D eigenvalue weighted by Crippen LogP contribution is 2.36. The number of carbonyl (C=O) groups is 1. The molecule has 8 heteroatoms. The summed E-state index contributed by atoms with van der Waals surface area (Å²) in [7, 11) is 0. The predicted octanol–water partition coefficient (Wildman–Crippen LogP) is 7.37. The minimum atomic E-state index is -0.102. The molecular weight excluding hydrogens is 509 g/mol. The molecule has 1 aliphatic rings. The number of thioether (sulfide) groups is 1. The largest absolute Gasteiger partial charge is 0.490 e. The number of ether oxygens (including phenoxy) is 2. The predicted molar refractivity (Wildman–Crippen MR) is 144 cm³/mol. The van der Waals surface area contributed by atoms with Gasteiger partial charge in [0.05, 0.1) is 18.1 Å². The Balaban J connectivity index is 1.51. The third kappa shape index (κ3) is 5.94. The number of hydrogen-bond acceptors (Lipinski definition) is 5. The first-order valence-corrected chi connectivity index (χ1v) is 12.6. The number of halogens is 2. The van der Waals surface area contributed by atoms with Crippen LogP contribution in [-0.2, 0) is 17.9 Å². The highest BCUT2D eigenvalue weighted by atomic mass is 35.5. The maximum Gasteiger partial charge on any atom is 0.266 e. The van der Waals surface area contributed by atoms with Gasteiger partial charge in [0.25, 0.3) is 5.91 Å². The van der Waals surface area contributed by atoms with Crippen molar-refractivity contribution < 1.29 is 14.3 Å². The Morgan fingerprint density at radius 3 is 2.53 bits per heavy atom. The smallest absolute Gasteiger partial charge is 0.266 e. The first kappa shape index (κ1) is 24.6. The van der Waals surface area contributed by atoms with Crippen molar-refractivity contribution >= 4 is 63.5 Å². The van der Waals surface area contributed by atoms with Gasteiger partial charge in [-0.3, -0.25) is 9.69 Å². The fourth-order valence-corrected chi connectivity index (χ4v) is 5.07. The normalized spacial score (nSPS) is 14.7. The van der Waals surface area contributed by atoms with Gasteiger partial charge in [-0.2, -0.15) is 0 Å². The average molecular weight is 530 g/mol. The van der Waals surface area contributed by atoms with Gasteiger partial charge >= 0.3 is 0 Å². The molecule has 0 saturated carbocycles. The number of nitrogens with zero attached hydrogens (tertiary/aromatic N) is 1. The van der Waals surface area contributed by atoms with Crippen molar-refractivity contribution in [1.82, 2.24) is 4.90 Å². The Hall–Kier alpha value is -2.51. The number of amides is 1. The number of carbonyl (C=O) groups excluding carboxylic acids is 1. The Labute approximate surface area is 218 Å². The minimum Gasteiger partial charge on any atom is -0.490 e. The summed E-state index contributed by atoms with van der Waals surface area (Å²) in [6.07, 6.45) is 1.83. The van der Waals surface area contributed by atoms with E-state index >= 15 is 0 Å². The molecule has 1 saturated heterocycles. The van der Waals surface area contributed by atoms with Crippen molar-refractivity contribution in [2.45, 2.75) is 20.1 Å². The van der Waals surface area contributed by atoms with Crippen LogP contribution in [0.1, 0.15) is 23.6 Å². The molecule has 3 aromatic carbocycles. The van der Waals surface area contributed by atoms with E-state index in [1.807, 2.05) is 67.6 Å². The van der Waals surface area contributed by atoms with Gasteiger partial charge in [-0.1, -0.05) is 89.6 Å². The maximum atomic E-state index is 13.0. The minimum absolute atomic E-state index is 0.102. The molecule has 0 spiro atoms. The van der Waals surface area contributed by atoms with Gasteiger partial charge in [0.1, 0.15) is 10.9 Å². The van der Waals surface area contributed by atoms with E-state index in [9.17, 15) is 4.79 Å². The molecule has 174 valence electrons. The Morgan fingerprint density at radius 2 is 1.79 bits per heavy atom. The molecule has 0 aliphatic carbocycles. The standard InChI is InChI=1S/C26H21Cl2NO3S2/c1-2-31-23-12-18(8-11-22(23)32-16-19-9-10-20(27)14-21(19)28)13-24-25(30)29(26(33)34-24)15-17-6-4-3-5-7-17/h3-14H,2,15-16H2,1H3. The SMILES string of the molecule is CCOc1cc(C=C2SC(=S)N(Cc3ccccc3)C2=O)ccc1OCc1ccc(Cl)cc1Cl. The van der Waals surface area contributed by atoms with E-state index in [0.29, 0.717) is 43.9 Å². The molecule has 0 atom stereocenters. The average Bonchev–Trinajstić information content (AvgIpc) is 3.08. The first-order valence-electron chi connectivity index (χ1n) is 10.6. The van der Waals surface area contributed by atoms with Crippen molar-refractivity contribution in [1.29, 1.82) is 0 Å². The van der Waals surface area contributed by atoms with Crippen molar-refractivity contribution in [2.24, 2.45) is 0 Å². The lowest BCUT2D eigenvalue weighted by molar-refractivity contribution is -0.122. The van der Waals surface area contributed by atoms with Crippen molar-refractivity contribution in [3.05, 3.63) is 98.4 Å². The van der Waals surface area contributed by atoms with Gasteiger partial charge in [-0.25, -0.2) is 0 Å². The molecule has 0 unspecified atom stereocenters. The second kappa shape index (κ2) is 11.3. The van der Waals surface area contributed by atoms with Crippen LogP contribution in [0.4, 0.5) is 0 Å². The lowest BCUT2D eigenvalue weighted by Crippen LogP contribution is -2.27. The quantitative estimate of drug-likeness (QED) is 0.225. The molecule has 0 radical (unpaired) electrons. The molecule has 3 aromatic rings. The lowest BCUT2D eigenvalue weighted by Gasteiger charge is -2.14. The zero-order valence-electron chi connectivity index (χ0n) is 18.3. The summed E-state index contributed by atoms with van der Waals surface area (Å²) in [6.45, 7) is 3.10. The van der Waals surface area contributed by atoms with Gasteiger partial charge in [0.2, 0.25) is 0 Å². The van der Waals surface area contributed by atoms with E-state index < -0.39 is 0 Å². The molecular formula is C26H21Cl2NO3S2. The van der Waals surface area contributed by atoms with Crippen LogP contribution in [0.5, 0.6) is 11.5 Å². The van der Waals surface area contributed by atoms with Crippen LogP contribution in [0.15, 0.2) is 71.6 Å². The van der Waals surface area contributed by atoms with Gasteiger partial charge in [0.15, 0.2) is 11.5 Å². The fourth-order valence-electron chi connectivity index (χ4n) is 3.35. The Bertz CT molecular complexity index is 1250. The third-order valence-electron chi connectivity index (χ3n) is 5.02. The molecule has 1 fully saturated rings. The molecule has 4 nitrogen and oxygen atoms in total. The molecule has 1 aliphatic heterocycles. The summed E-state index contributed by atoms with van der Waals surface area (Å²) >= 11 is 19.0. The summed E-state index contributed by atoms with van der Waals surface area (Å²) < 4.78 is 12.3. The Kier molecular flexibility index (Phi) is 8.16. The molecule has 0 bridgehead atoms. The molecule has 4 rings (SSSR count). The van der Waals surface area contributed by atoms with Crippen LogP contribution in [0.3, 0.4) is 0 Å². The van der Waals surface area contributed by atoms with Crippen LogP contribution in [0.2, 0.25) is 10.0 Å². The second-order valence-electron chi connectivity index (χ2n) is 7.42. The Morgan fingerprint density at radius 1 is 1.00 bits per heavy atom. The van der Waals surface area contributed by atoms with Crippen LogP contribution >= 0.6 is 47.2 Å². The molecule has 0 N–H and O–H groups in total. The van der Waals surface area contributed by atoms with Crippen LogP contribution in [-0.4, -0.2) is 21.7 Å². The fraction of sp³-hybridized carbons (Fsp3) is 0.154. The van der Waals surface area contributed by atoms with Crippen molar-refractivity contribution in [2.75, 3.05) is 6.61 Å². The van der Waals surface area contributed by atoms with E-state index in [1.54, 1.807) is 17.0 Å². The van der Waals surface area contributed by atoms with Crippen LogP contribution in [0.25, 0.3) is 6.08 Å². The summed E-state index contributed by atoms with van der Waals surface area (Å²) in [6, 6.07) is 20.6. The monoisotopic (exact) mass is 529 g/mol. The van der Waals surface area contributed by atoms with E-state index in [-0.39, 0.29) is 12.5 Å². The topological polar surface area (TPSA) is 38.8 Å². The van der Waals surface area contributed by atoms with E-state index in [2.05, 4.69) is 0 Å².